The molecule has 0 saturated carbocycles. The number of hydrogen-bond acceptors (Lipinski definition) is 9. The van der Waals surface area contributed by atoms with Crippen molar-refractivity contribution in [2.75, 3.05) is 46.6 Å². The van der Waals surface area contributed by atoms with Gasteiger partial charge >= 0.3 is 0 Å². The maximum absolute atomic E-state index is 5.05. The minimum Gasteiger partial charge on any atom is -0.371 e. The summed E-state index contributed by atoms with van der Waals surface area (Å²) in [6.07, 6.45) is 21.1. The van der Waals surface area contributed by atoms with Gasteiger partial charge in [-0.1, -0.05) is 0 Å². The highest BCUT2D eigenvalue weighted by atomic mass is 15.4. The highest BCUT2D eigenvalue weighted by Crippen LogP contribution is 2.38. The molecule has 2 aromatic heterocycles. The molecule has 0 radical (unpaired) electrons. The van der Waals surface area contributed by atoms with Crippen molar-refractivity contribution in [3.05, 3.63) is 102 Å². The normalized spacial score (nSPS) is 18.6. The second kappa shape index (κ2) is 12.6. The number of aliphatic imine (C=N–C) groups is 4. The molecule has 2 aromatic carbocycles. The van der Waals surface area contributed by atoms with E-state index in [1.54, 1.807) is 6.34 Å². The molecule has 5 aliphatic rings. The molecule has 5 aliphatic heterocycles. The summed E-state index contributed by atoms with van der Waals surface area (Å²) < 4.78 is 0. The number of nitrogens with one attached hydrogen (secondary N) is 4. The van der Waals surface area contributed by atoms with Gasteiger partial charge in [0.25, 0.3) is 0 Å². The standard InChI is InChI=1S/C38H39N11/c1-3-15-47(16-4-1)28-7-9-31(33(19-28)43-26-11-13-39-23-26)35-21-30-22-36(46-38-42-25-41-37(45-35)49(30)38)32-10-8-29(48-17-5-2-6-18-48)20-34(32)44-27-12-14-40-24-27/h7-14,19-25,39-40,43-44H,1-6,15-18H2. The van der Waals surface area contributed by atoms with Gasteiger partial charge in [-0.25, -0.2) is 24.9 Å². The van der Waals surface area contributed by atoms with Gasteiger partial charge in [-0.2, -0.15) is 0 Å². The lowest BCUT2D eigenvalue weighted by Crippen LogP contribution is -2.40. The first-order chi connectivity index (χ1) is 24.2. The van der Waals surface area contributed by atoms with Gasteiger partial charge in [-0.15, -0.1) is 0 Å². The molecule has 0 unspecified atom stereocenters. The molecule has 11 heteroatoms. The van der Waals surface area contributed by atoms with E-state index in [4.69, 9.17) is 9.98 Å². The van der Waals surface area contributed by atoms with Crippen molar-refractivity contribution >= 4 is 63.8 Å². The van der Waals surface area contributed by atoms with Crippen LogP contribution in [-0.4, -0.2) is 65.0 Å². The molecule has 2 fully saturated rings. The zero-order valence-corrected chi connectivity index (χ0v) is 27.4. The molecule has 0 spiro atoms. The molecule has 246 valence electrons. The lowest BCUT2D eigenvalue weighted by molar-refractivity contribution is 0.578. The van der Waals surface area contributed by atoms with E-state index < -0.39 is 0 Å². The zero-order valence-electron chi connectivity index (χ0n) is 27.4. The van der Waals surface area contributed by atoms with Gasteiger partial charge in [0.2, 0.25) is 11.9 Å². The largest absolute Gasteiger partial charge is 0.371 e. The Morgan fingerprint density at radius 1 is 0.612 bits per heavy atom. The third-order valence-electron chi connectivity index (χ3n) is 9.77. The van der Waals surface area contributed by atoms with Crippen LogP contribution in [0.3, 0.4) is 0 Å². The minimum atomic E-state index is 0.551. The quantitative estimate of drug-likeness (QED) is 0.157. The number of benzene rings is 2. The Morgan fingerprint density at radius 3 is 1.84 bits per heavy atom. The first kappa shape index (κ1) is 29.3. The number of anilines is 6. The third-order valence-corrected chi connectivity index (χ3v) is 9.77. The molecule has 7 heterocycles. The summed E-state index contributed by atoms with van der Waals surface area (Å²) in [6.45, 7) is 4.31. The predicted octanol–water partition coefficient (Wildman–Crippen LogP) is 7.61. The maximum atomic E-state index is 5.05. The number of aromatic amines is 2. The van der Waals surface area contributed by atoms with Gasteiger partial charge in [-0.3, -0.25) is 0 Å². The molecule has 4 aromatic rings. The van der Waals surface area contributed by atoms with E-state index in [0.717, 1.165) is 77.2 Å². The fourth-order valence-electron chi connectivity index (χ4n) is 7.26. The molecule has 0 amide bonds. The van der Waals surface area contributed by atoms with Gasteiger partial charge in [0, 0.05) is 73.5 Å². The van der Waals surface area contributed by atoms with Gasteiger partial charge in [0.1, 0.15) is 6.34 Å². The summed E-state index contributed by atoms with van der Waals surface area (Å²) in [4.78, 5) is 32.5. The van der Waals surface area contributed by atoms with Crippen LogP contribution in [0.4, 0.5) is 34.1 Å². The number of aromatic nitrogens is 2. The molecule has 0 bridgehead atoms. The van der Waals surface area contributed by atoms with Crippen LogP contribution < -0.4 is 20.4 Å². The van der Waals surface area contributed by atoms with Crippen LogP contribution in [0, 0.1) is 0 Å². The Labute approximate surface area is 285 Å². The number of nitrogens with zero attached hydrogens (tertiary/aromatic N) is 7. The summed E-state index contributed by atoms with van der Waals surface area (Å²) >= 11 is 0. The van der Waals surface area contributed by atoms with Crippen molar-refractivity contribution in [1.82, 2.24) is 14.9 Å². The van der Waals surface area contributed by atoms with Crippen LogP contribution in [0.1, 0.15) is 49.7 Å². The Bertz CT molecular complexity index is 1930. The molecule has 2 saturated heterocycles. The Balaban J connectivity index is 1.12. The molecular formula is C38H39N11. The first-order valence-electron chi connectivity index (χ1n) is 17.3. The monoisotopic (exact) mass is 649 g/mol. The maximum Gasteiger partial charge on any atom is 0.239 e. The van der Waals surface area contributed by atoms with E-state index in [1.807, 2.05) is 41.8 Å². The van der Waals surface area contributed by atoms with Crippen molar-refractivity contribution in [3.63, 3.8) is 0 Å². The third kappa shape index (κ3) is 5.81. The number of guanidine groups is 2. The van der Waals surface area contributed by atoms with E-state index in [1.165, 1.54) is 49.9 Å². The first-order valence-corrected chi connectivity index (χ1v) is 17.3. The zero-order chi connectivity index (χ0) is 32.6. The summed E-state index contributed by atoms with van der Waals surface area (Å²) in [5, 5.41) is 7.30. The van der Waals surface area contributed by atoms with E-state index >= 15 is 0 Å². The lowest BCUT2D eigenvalue weighted by atomic mass is 10.0. The Morgan fingerprint density at radius 2 is 1.22 bits per heavy atom. The molecular weight excluding hydrogens is 610 g/mol. The summed E-state index contributed by atoms with van der Waals surface area (Å²) in [5.41, 5.74) is 11.0. The van der Waals surface area contributed by atoms with Gasteiger partial charge in [-0.05, 0) is 99.2 Å². The summed E-state index contributed by atoms with van der Waals surface area (Å²) in [5.74, 6) is 1.10. The summed E-state index contributed by atoms with van der Waals surface area (Å²) in [6, 6.07) is 17.4. The van der Waals surface area contributed by atoms with Gasteiger partial charge < -0.3 is 30.4 Å². The van der Waals surface area contributed by atoms with Crippen molar-refractivity contribution < 1.29 is 0 Å². The predicted molar refractivity (Wildman–Crippen MR) is 201 cm³/mol. The van der Waals surface area contributed by atoms with Crippen molar-refractivity contribution in [3.8, 4) is 0 Å². The van der Waals surface area contributed by atoms with Crippen LogP contribution in [0.15, 0.2) is 111 Å². The lowest BCUT2D eigenvalue weighted by Gasteiger charge is -2.33. The number of H-pyrrole nitrogens is 2. The second-order valence-electron chi connectivity index (χ2n) is 13.0. The van der Waals surface area contributed by atoms with E-state index in [2.05, 4.69) is 88.9 Å². The van der Waals surface area contributed by atoms with Crippen LogP contribution in [-0.2, 0) is 0 Å². The van der Waals surface area contributed by atoms with E-state index in [9.17, 15) is 0 Å². The van der Waals surface area contributed by atoms with Gasteiger partial charge in [0.05, 0.1) is 39.9 Å². The number of allylic oxidation sites excluding steroid dienone is 2. The van der Waals surface area contributed by atoms with E-state index in [0.29, 0.717) is 11.9 Å². The van der Waals surface area contributed by atoms with Crippen LogP contribution in [0.25, 0.3) is 5.70 Å². The average Bonchev–Trinajstić information content (AvgIpc) is 3.87. The average molecular weight is 650 g/mol. The molecule has 49 heavy (non-hydrogen) atoms. The topological polar surface area (TPSA) is 115 Å². The molecule has 9 rings (SSSR count). The highest BCUT2D eigenvalue weighted by molar-refractivity contribution is 6.24. The van der Waals surface area contributed by atoms with E-state index in [-0.39, 0.29) is 0 Å². The molecule has 0 aliphatic carbocycles. The SMILES string of the molecule is C1=NC2=NC(c3ccc(N4CCCCC4)cc3Nc3cc[nH]c3)=CC3=CC(c4ccc(N5CCCCC5)cc4Nc4cc[nH]c4)=NC(=N1)N32. The van der Waals surface area contributed by atoms with Gasteiger partial charge in [0.15, 0.2) is 0 Å². The van der Waals surface area contributed by atoms with Crippen LogP contribution in [0.2, 0.25) is 0 Å². The molecule has 11 nitrogen and oxygen atoms in total. The molecule has 4 N–H and O–H groups in total. The number of piperidine rings is 2. The number of rotatable bonds is 8. The van der Waals surface area contributed by atoms with Crippen LogP contribution >= 0.6 is 0 Å². The van der Waals surface area contributed by atoms with Crippen molar-refractivity contribution in [2.24, 2.45) is 20.0 Å². The fourth-order valence-corrected chi connectivity index (χ4v) is 7.26. The molecule has 0 atom stereocenters. The van der Waals surface area contributed by atoms with Crippen molar-refractivity contribution in [2.45, 2.75) is 38.5 Å². The minimum absolute atomic E-state index is 0.551. The van der Waals surface area contributed by atoms with Crippen molar-refractivity contribution in [1.29, 1.82) is 0 Å². The highest BCUT2D eigenvalue weighted by Gasteiger charge is 2.32. The Kier molecular flexibility index (Phi) is 7.56. The Hall–Kier alpha value is -5.84. The number of hydrogen-bond donors (Lipinski definition) is 4. The second-order valence-corrected chi connectivity index (χ2v) is 13.0. The smallest absolute Gasteiger partial charge is 0.239 e. The fraction of sp³-hybridized carbons (Fsp3) is 0.263. The summed E-state index contributed by atoms with van der Waals surface area (Å²) in [7, 11) is 0. The van der Waals surface area contributed by atoms with Crippen LogP contribution in [0.5, 0.6) is 0 Å².